The fourth-order valence-corrected chi connectivity index (χ4v) is 3.16. The van der Waals surface area contributed by atoms with Crippen LogP contribution in [0.5, 0.6) is 0 Å². The van der Waals surface area contributed by atoms with Gasteiger partial charge in [0.25, 0.3) is 5.91 Å². The zero-order valence-corrected chi connectivity index (χ0v) is 17.0. The Morgan fingerprint density at radius 1 is 1.00 bits per heavy atom. The van der Waals surface area contributed by atoms with Crippen LogP contribution in [0.3, 0.4) is 0 Å². The smallest absolute Gasteiger partial charge is 0.267 e. The summed E-state index contributed by atoms with van der Waals surface area (Å²) in [6.45, 7) is 1.10. The van der Waals surface area contributed by atoms with Crippen molar-refractivity contribution < 1.29 is 4.79 Å². The van der Waals surface area contributed by atoms with Gasteiger partial charge >= 0.3 is 0 Å². The topological polar surface area (TPSA) is 82.2 Å². The highest BCUT2D eigenvalue weighted by atomic mass is 35.5. The second-order valence-corrected chi connectivity index (χ2v) is 7.13. The van der Waals surface area contributed by atoms with Crippen LogP contribution in [-0.4, -0.2) is 10.8 Å². The van der Waals surface area contributed by atoms with E-state index >= 15 is 0 Å². The van der Waals surface area contributed by atoms with Crippen molar-refractivity contribution in [3.8, 4) is 6.07 Å². The number of nitrogens with two attached hydrogens (primary N) is 1. The first-order chi connectivity index (χ1) is 14.5. The Morgan fingerprint density at radius 3 is 2.07 bits per heavy atom. The Labute approximate surface area is 181 Å². The zero-order chi connectivity index (χ0) is 21.3. The third-order valence-corrected chi connectivity index (χ3v) is 4.69. The van der Waals surface area contributed by atoms with Gasteiger partial charge in [-0.05, 0) is 29.3 Å². The Morgan fingerprint density at radius 2 is 1.57 bits per heavy atom. The number of hydrogen-bond donors (Lipinski definition) is 2. The van der Waals surface area contributed by atoms with Gasteiger partial charge in [0.2, 0.25) is 0 Å². The highest BCUT2D eigenvalue weighted by Crippen LogP contribution is 2.24. The predicted molar refractivity (Wildman–Crippen MR) is 120 cm³/mol. The van der Waals surface area contributed by atoms with Crippen LogP contribution in [0.15, 0.2) is 90.6 Å². The number of amides is 1. The molecule has 0 aliphatic rings. The van der Waals surface area contributed by atoms with Crippen molar-refractivity contribution >= 4 is 28.9 Å². The Bertz CT molecular complexity index is 1030. The number of anilines is 2. The summed E-state index contributed by atoms with van der Waals surface area (Å²) in [7, 11) is 0. The maximum absolute atomic E-state index is 12.7. The predicted octanol–water partition coefficient (Wildman–Crippen LogP) is 4.97. The van der Waals surface area contributed by atoms with E-state index < -0.39 is 5.91 Å². The minimum atomic E-state index is -0.532. The molecule has 3 N–H and O–H groups in total. The van der Waals surface area contributed by atoms with Crippen molar-refractivity contribution in [1.82, 2.24) is 4.90 Å². The van der Waals surface area contributed by atoms with E-state index in [-0.39, 0.29) is 5.57 Å². The number of nitrogen functional groups attached to an aromatic ring is 1. The first-order valence-electron chi connectivity index (χ1n) is 9.35. The first kappa shape index (κ1) is 21.0. The molecular formula is C24H21ClN4O. The van der Waals surface area contributed by atoms with E-state index in [1.54, 1.807) is 24.4 Å². The molecule has 3 aromatic carbocycles. The van der Waals surface area contributed by atoms with Gasteiger partial charge < -0.3 is 16.0 Å². The second-order valence-electron chi connectivity index (χ2n) is 6.72. The number of carbonyl (C=O) groups excluding carboxylic acids is 1. The molecule has 0 unspecified atom stereocenters. The molecule has 0 aliphatic carbocycles. The third kappa shape index (κ3) is 5.87. The van der Waals surface area contributed by atoms with Crippen LogP contribution in [0.4, 0.5) is 11.4 Å². The van der Waals surface area contributed by atoms with Gasteiger partial charge in [-0.1, -0.05) is 72.3 Å². The molecule has 30 heavy (non-hydrogen) atoms. The maximum Gasteiger partial charge on any atom is 0.267 e. The molecule has 1 amide bonds. The lowest BCUT2D eigenvalue weighted by atomic mass is 10.1. The molecule has 0 heterocycles. The Hall–Kier alpha value is -3.75. The molecule has 0 atom stereocenters. The summed E-state index contributed by atoms with van der Waals surface area (Å²) in [6, 6.07) is 26.5. The fourth-order valence-electron chi connectivity index (χ4n) is 2.93. The van der Waals surface area contributed by atoms with Crippen molar-refractivity contribution in [1.29, 1.82) is 5.26 Å². The van der Waals surface area contributed by atoms with Crippen LogP contribution >= 0.6 is 11.6 Å². The van der Waals surface area contributed by atoms with Crippen molar-refractivity contribution in [3.05, 3.63) is 107 Å². The van der Waals surface area contributed by atoms with Crippen LogP contribution in [-0.2, 0) is 17.9 Å². The lowest BCUT2D eigenvalue weighted by Gasteiger charge is -2.21. The molecule has 0 fully saturated rings. The van der Waals surface area contributed by atoms with Gasteiger partial charge in [0.15, 0.2) is 0 Å². The minimum Gasteiger partial charge on any atom is -0.399 e. The summed E-state index contributed by atoms with van der Waals surface area (Å²) in [5.41, 5.74) is 8.71. The van der Waals surface area contributed by atoms with Crippen LogP contribution in [0.25, 0.3) is 0 Å². The summed E-state index contributed by atoms with van der Waals surface area (Å²) >= 11 is 6.13. The number of halogens is 1. The molecule has 3 aromatic rings. The molecule has 0 radical (unpaired) electrons. The molecule has 3 rings (SSSR count). The van der Waals surface area contributed by atoms with E-state index in [1.807, 2.05) is 71.6 Å². The number of benzene rings is 3. The second kappa shape index (κ2) is 10.1. The average molecular weight is 417 g/mol. The monoisotopic (exact) mass is 416 g/mol. The number of nitrogens with zero attached hydrogens (tertiary/aromatic N) is 2. The van der Waals surface area contributed by atoms with Crippen LogP contribution in [0, 0.1) is 11.3 Å². The van der Waals surface area contributed by atoms with Gasteiger partial charge in [-0.25, -0.2) is 0 Å². The Balaban J connectivity index is 1.84. The molecule has 0 spiro atoms. The highest BCUT2D eigenvalue weighted by Gasteiger charge is 2.14. The molecule has 0 aromatic heterocycles. The van der Waals surface area contributed by atoms with Crippen molar-refractivity contribution in [2.45, 2.75) is 13.1 Å². The molecule has 0 saturated heterocycles. The number of carbonyl (C=O) groups is 1. The van der Waals surface area contributed by atoms with Gasteiger partial charge in [0, 0.05) is 25.0 Å². The van der Waals surface area contributed by atoms with E-state index in [2.05, 4.69) is 5.32 Å². The molecule has 0 saturated carbocycles. The summed E-state index contributed by atoms with van der Waals surface area (Å²) in [5.74, 6) is -0.532. The van der Waals surface area contributed by atoms with E-state index in [4.69, 9.17) is 17.3 Å². The number of nitrogens with one attached hydrogen (secondary N) is 1. The molecule has 6 heteroatoms. The quantitative estimate of drug-likeness (QED) is 0.323. The van der Waals surface area contributed by atoms with Crippen LogP contribution in [0.1, 0.15) is 11.1 Å². The average Bonchev–Trinajstić information content (AvgIpc) is 2.75. The lowest BCUT2D eigenvalue weighted by molar-refractivity contribution is -0.112. The normalized spacial score (nSPS) is 10.9. The molecule has 5 nitrogen and oxygen atoms in total. The number of nitriles is 1. The summed E-state index contributed by atoms with van der Waals surface area (Å²) in [5, 5.41) is 12.6. The zero-order valence-electron chi connectivity index (χ0n) is 16.3. The van der Waals surface area contributed by atoms with Gasteiger partial charge in [-0.15, -0.1) is 0 Å². The van der Waals surface area contributed by atoms with E-state index in [0.29, 0.717) is 29.5 Å². The first-order valence-corrected chi connectivity index (χ1v) is 9.73. The minimum absolute atomic E-state index is 0.0187. The van der Waals surface area contributed by atoms with Gasteiger partial charge in [-0.2, -0.15) is 5.26 Å². The van der Waals surface area contributed by atoms with Crippen molar-refractivity contribution in [2.75, 3.05) is 11.1 Å². The van der Waals surface area contributed by atoms with Gasteiger partial charge in [0.05, 0.1) is 10.7 Å². The van der Waals surface area contributed by atoms with Crippen molar-refractivity contribution in [3.63, 3.8) is 0 Å². The maximum atomic E-state index is 12.7. The standard InChI is InChI=1S/C24H21ClN4O/c25-22-13-21(27)11-12-23(22)28-24(30)20(14-26)17-29(15-18-7-3-1-4-8-18)16-19-9-5-2-6-10-19/h1-13,17H,15-16,27H2,(H,28,30)/b20-17-. The highest BCUT2D eigenvalue weighted by molar-refractivity contribution is 6.34. The van der Waals surface area contributed by atoms with Crippen LogP contribution < -0.4 is 11.1 Å². The lowest BCUT2D eigenvalue weighted by Crippen LogP contribution is -2.21. The molecule has 150 valence electrons. The number of rotatable bonds is 7. The SMILES string of the molecule is N#C/C(=C/N(Cc1ccccc1)Cc1ccccc1)C(=O)Nc1ccc(N)cc1Cl. The van der Waals surface area contributed by atoms with Gasteiger partial charge in [0.1, 0.15) is 11.6 Å². The molecule has 0 bridgehead atoms. The summed E-state index contributed by atoms with van der Waals surface area (Å²) in [6.07, 6.45) is 1.58. The van der Waals surface area contributed by atoms with Gasteiger partial charge in [-0.3, -0.25) is 4.79 Å². The third-order valence-electron chi connectivity index (χ3n) is 4.38. The molecular weight excluding hydrogens is 396 g/mol. The van der Waals surface area contributed by atoms with E-state index in [1.165, 1.54) is 0 Å². The van der Waals surface area contributed by atoms with E-state index in [9.17, 15) is 10.1 Å². The van der Waals surface area contributed by atoms with Crippen molar-refractivity contribution in [2.24, 2.45) is 0 Å². The number of hydrogen-bond acceptors (Lipinski definition) is 4. The largest absolute Gasteiger partial charge is 0.399 e. The molecule has 0 aliphatic heterocycles. The fraction of sp³-hybridized carbons (Fsp3) is 0.0833. The summed E-state index contributed by atoms with van der Waals surface area (Å²) < 4.78 is 0. The van der Waals surface area contributed by atoms with Crippen LogP contribution in [0.2, 0.25) is 5.02 Å². The Kier molecular flexibility index (Phi) is 7.09. The van der Waals surface area contributed by atoms with E-state index in [0.717, 1.165) is 11.1 Å². The summed E-state index contributed by atoms with van der Waals surface area (Å²) in [4.78, 5) is 14.6.